The third-order valence-electron chi connectivity index (χ3n) is 3.87. The molecule has 0 radical (unpaired) electrons. The second-order valence-corrected chi connectivity index (χ2v) is 7.92. The summed E-state index contributed by atoms with van der Waals surface area (Å²) in [6, 6.07) is 13.3. The Morgan fingerprint density at radius 1 is 1.24 bits per heavy atom. The van der Waals surface area contributed by atoms with Crippen LogP contribution in [0.4, 0.5) is 0 Å². The molecule has 1 atom stereocenters. The predicted molar refractivity (Wildman–Crippen MR) is 95.0 cm³/mol. The molecule has 0 bridgehead atoms. The fourth-order valence-electron chi connectivity index (χ4n) is 2.63. The van der Waals surface area contributed by atoms with Gasteiger partial charge in [0, 0.05) is 28.0 Å². The van der Waals surface area contributed by atoms with Crippen LogP contribution in [-0.2, 0) is 13.0 Å². The molecule has 2 aromatic heterocycles. The van der Waals surface area contributed by atoms with Gasteiger partial charge in [-0.3, -0.25) is 0 Å². The second kappa shape index (κ2) is 6.34. The Morgan fingerprint density at radius 3 is 2.81 bits per heavy atom. The highest BCUT2D eigenvalue weighted by molar-refractivity contribution is 9.11. The maximum atomic E-state index is 6.12. The van der Waals surface area contributed by atoms with Crippen LogP contribution in [-0.4, -0.2) is 10.6 Å². The summed E-state index contributed by atoms with van der Waals surface area (Å²) >= 11 is 5.32. The first kappa shape index (κ1) is 14.8. The Bertz CT molecular complexity index is 744. The van der Waals surface area contributed by atoms with Crippen molar-refractivity contribution in [3.8, 4) is 0 Å². The third kappa shape index (κ3) is 3.23. The van der Waals surface area contributed by atoms with E-state index in [4.69, 9.17) is 5.73 Å². The van der Waals surface area contributed by atoms with E-state index >= 15 is 0 Å². The number of nitrogens with zero attached hydrogens (tertiary/aromatic N) is 1. The molecule has 0 aliphatic carbocycles. The fourth-order valence-corrected chi connectivity index (χ4v) is 4.12. The monoisotopic (exact) mass is 362 g/mol. The molecular weight excluding hydrogens is 344 g/mol. The summed E-state index contributed by atoms with van der Waals surface area (Å²) in [5.41, 5.74) is 8.77. The van der Waals surface area contributed by atoms with Gasteiger partial charge in [0.1, 0.15) is 0 Å². The van der Waals surface area contributed by atoms with E-state index < -0.39 is 0 Å². The maximum Gasteiger partial charge on any atom is 0.0702 e. The topological polar surface area (TPSA) is 30.9 Å². The smallest absolute Gasteiger partial charge is 0.0702 e. The molecular formula is C17H19BrN2S. The molecule has 3 aromatic rings. The number of halogens is 1. The van der Waals surface area contributed by atoms with Gasteiger partial charge in [-0.2, -0.15) is 0 Å². The number of benzene rings is 1. The van der Waals surface area contributed by atoms with Crippen LogP contribution in [0, 0.1) is 0 Å². The van der Waals surface area contributed by atoms with Gasteiger partial charge < -0.3 is 10.3 Å². The molecule has 0 aliphatic heterocycles. The molecule has 4 heteroatoms. The highest BCUT2D eigenvalue weighted by Crippen LogP contribution is 2.26. The Balaban J connectivity index is 1.93. The van der Waals surface area contributed by atoms with Gasteiger partial charge in [0.05, 0.1) is 10.3 Å². The molecule has 0 amide bonds. The molecule has 21 heavy (non-hydrogen) atoms. The summed E-state index contributed by atoms with van der Waals surface area (Å²) in [6.45, 7) is 3.06. The first-order valence-electron chi connectivity index (χ1n) is 7.24. The Morgan fingerprint density at radius 2 is 2.10 bits per heavy atom. The van der Waals surface area contributed by atoms with Crippen LogP contribution in [0.25, 0.3) is 10.9 Å². The van der Waals surface area contributed by atoms with Gasteiger partial charge in [-0.25, -0.2) is 0 Å². The van der Waals surface area contributed by atoms with Gasteiger partial charge in [0.15, 0.2) is 0 Å². The number of nitrogens with two attached hydrogens (primary N) is 1. The average molecular weight is 363 g/mol. The molecule has 0 fully saturated rings. The largest absolute Gasteiger partial charge is 0.342 e. The normalized spacial score (nSPS) is 12.9. The van der Waals surface area contributed by atoms with E-state index in [9.17, 15) is 0 Å². The van der Waals surface area contributed by atoms with Gasteiger partial charge in [-0.1, -0.05) is 19.1 Å². The molecule has 1 aromatic carbocycles. The fraction of sp³-hybridized carbons (Fsp3) is 0.294. The molecule has 110 valence electrons. The first-order valence-corrected chi connectivity index (χ1v) is 8.85. The summed E-state index contributed by atoms with van der Waals surface area (Å²) in [5.74, 6) is 0. The molecule has 0 spiro atoms. The predicted octanol–water partition coefficient (Wildman–Crippen LogP) is 4.79. The van der Waals surface area contributed by atoms with Crippen LogP contribution < -0.4 is 5.73 Å². The van der Waals surface area contributed by atoms with Crippen molar-refractivity contribution < 1.29 is 0 Å². The van der Waals surface area contributed by atoms with E-state index in [1.807, 2.05) is 0 Å². The van der Waals surface area contributed by atoms with E-state index in [1.165, 1.54) is 25.1 Å². The number of thiophene rings is 1. The quantitative estimate of drug-likeness (QED) is 0.694. The van der Waals surface area contributed by atoms with Gasteiger partial charge >= 0.3 is 0 Å². The summed E-state index contributed by atoms with van der Waals surface area (Å²) in [5, 5.41) is 1.33. The van der Waals surface area contributed by atoms with Crippen molar-refractivity contribution in [3.63, 3.8) is 0 Å². The Hall–Kier alpha value is -1.10. The zero-order valence-corrected chi connectivity index (χ0v) is 14.5. The minimum Gasteiger partial charge on any atom is -0.342 e. The Kier molecular flexibility index (Phi) is 4.48. The summed E-state index contributed by atoms with van der Waals surface area (Å²) < 4.78 is 3.50. The maximum absolute atomic E-state index is 6.12. The highest BCUT2D eigenvalue weighted by atomic mass is 79.9. The van der Waals surface area contributed by atoms with Crippen molar-refractivity contribution in [1.82, 2.24) is 4.57 Å². The van der Waals surface area contributed by atoms with Crippen LogP contribution in [0.1, 0.15) is 23.8 Å². The standard InChI is InChI=1S/C17H19BrN2S/c1-2-13(19)10-12-4-3-5-16-15(12)8-9-20(16)11-14-6-7-17(18)21-14/h3-9,13H,2,10-11,19H2,1H3. The van der Waals surface area contributed by atoms with Gasteiger partial charge in [-0.15, -0.1) is 11.3 Å². The van der Waals surface area contributed by atoms with Crippen molar-refractivity contribution in [2.75, 3.05) is 0 Å². The van der Waals surface area contributed by atoms with E-state index in [2.05, 4.69) is 70.0 Å². The molecule has 1 unspecified atom stereocenters. The number of hydrogen-bond donors (Lipinski definition) is 1. The van der Waals surface area contributed by atoms with Gasteiger partial charge in [0.25, 0.3) is 0 Å². The van der Waals surface area contributed by atoms with Crippen molar-refractivity contribution in [2.24, 2.45) is 5.73 Å². The number of hydrogen-bond acceptors (Lipinski definition) is 2. The van der Waals surface area contributed by atoms with Gasteiger partial charge in [-0.05, 0) is 58.6 Å². The van der Waals surface area contributed by atoms with E-state index in [0.29, 0.717) is 0 Å². The van der Waals surface area contributed by atoms with Gasteiger partial charge in [0.2, 0.25) is 0 Å². The minimum atomic E-state index is 0.243. The van der Waals surface area contributed by atoms with Crippen molar-refractivity contribution in [1.29, 1.82) is 0 Å². The minimum absolute atomic E-state index is 0.243. The molecule has 3 rings (SSSR count). The first-order chi connectivity index (χ1) is 10.2. The second-order valence-electron chi connectivity index (χ2n) is 5.37. The van der Waals surface area contributed by atoms with Crippen molar-refractivity contribution in [2.45, 2.75) is 32.4 Å². The third-order valence-corrected chi connectivity index (χ3v) is 5.47. The summed E-state index contributed by atoms with van der Waals surface area (Å²) in [4.78, 5) is 1.36. The molecule has 2 heterocycles. The van der Waals surface area contributed by atoms with E-state index in [1.54, 1.807) is 11.3 Å². The molecule has 0 aliphatic rings. The lowest BCUT2D eigenvalue weighted by Crippen LogP contribution is -2.21. The number of aromatic nitrogens is 1. The lowest BCUT2D eigenvalue weighted by Gasteiger charge is -2.10. The highest BCUT2D eigenvalue weighted by Gasteiger charge is 2.09. The Labute approximate surface area is 137 Å². The summed E-state index contributed by atoms with van der Waals surface area (Å²) in [6.07, 6.45) is 4.14. The lowest BCUT2D eigenvalue weighted by molar-refractivity contribution is 0.649. The molecule has 2 N–H and O–H groups in total. The van der Waals surface area contributed by atoms with Crippen LogP contribution in [0.15, 0.2) is 46.4 Å². The van der Waals surface area contributed by atoms with Crippen LogP contribution in [0.2, 0.25) is 0 Å². The van der Waals surface area contributed by atoms with Crippen LogP contribution in [0.3, 0.4) is 0 Å². The van der Waals surface area contributed by atoms with Crippen molar-refractivity contribution in [3.05, 3.63) is 56.8 Å². The average Bonchev–Trinajstić information content (AvgIpc) is 3.07. The molecule has 0 saturated heterocycles. The van der Waals surface area contributed by atoms with Crippen molar-refractivity contribution >= 4 is 38.2 Å². The van der Waals surface area contributed by atoms with E-state index in [-0.39, 0.29) is 6.04 Å². The zero-order chi connectivity index (χ0) is 14.8. The number of fused-ring (bicyclic) bond motifs is 1. The number of rotatable bonds is 5. The lowest BCUT2D eigenvalue weighted by atomic mass is 10.0. The SMILES string of the molecule is CCC(N)Cc1cccc2c1ccn2Cc1ccc(Br)s1. The van der Waals surface area contributed by atoms with Crippen LogP contribution >= 0.6 is 27.3 Å². The molecule has 2 nitrogen and oxygen atoms in total. The van der Waals surface area contributed by atoms with E-state index in [0.717, 1.165) is 19.4 Å². The summed E-state index contributed by atoms with van der Waals surface area (Å²) in [7, 11) is 0. The molecule has 0 saturated carbocycles. The zero-order valence-electron chi connectivity index (χ0n) is 12.1. The van der Waals surface area contributed by atoms with Crippen LogP contribution in [0.5, 0.6) is 0 Å².